The van der Waals surface area contributed by atoms with Crippen LogP contribution < -0.4 is 0 Å². The Balaban J connectivity index is 0. The van der Waals surface area contributed by atoms with Gasteiger partial charge in [0, 0.05) is 17.1 Å². The predicted molar refractivity (Wildman–Crippen MR) is 28.0 cm³/mol. The van der Waals surface area contributed by atoms with Gasteiger partial charge in [-0.05, 0) is 0 Å². The molecular formula is FeHgI2. The predicted octanol–water partition coefficient (Wildman–Crippen LogP) is 1.77. The van der Waals surface area contributed by atoms with E-state index in [0.717, 1.165) is 0 Å². The molecule has 0 N–H and O–H groups in total. The van der Waals surface area contributed by atoms with Crippen LogP contribution in [0.25, 0.3) is 0 Å². The maximum atomic E-state index is 2.50. The second-order valence-electron chi connectivity index (χ2n) is 0.101. The molecule has 0 aliphatic rings. The number of hydrogen-bond acceptors (Lipinski definition) is 0. The van der Waals surface area contributed by atoms with E-state index in [2.05, 4.69) is 35.3 Å². The molecule has 0 aromatic heterocycles. The van der Waals surface area contributed by atoms with Crippen molar-refractivity contribution in [2.45, 2.75) is 0 Å². The van der Waals surface area contributed by atoms with Gasteiger partial charge >= 0.3 is 51.2 Å². The second-order valence-corrected chi connectivity index (χ2v) is 39.9. The number of halogens is 2. The summed E-state index contributed by atoms with van der Waals surface area (Å²) >= 11 is 4.85. The Bertz CT molecular complexity index is 6.00. The Morgan fingerprint density at radius 1 is 1.25 bits per heavy atom. The van der Waals surface area contributed by atoms with Crippen molar-refractivity contribution in [1.82, 2.24) is 0 Å². The molecule has 0 rings (SSSR count). The molecule has 0 bridgehead atoms. The molecule has 0 atom stereocenters. The van der Waals surface area contributed by atoms with E-state index in [1.54, 1.807) is 0 Å². The van der Waals surface area contributed by atoms with Crippen LogP contribution in [-0.4, -0.2) is 0 Å². The minimum absolute atomic E-state index is 0. The van der Waals surface area contributed by atoms with Gasteiger partial charge in [-0.1, -0.05) is 0 Å². The van der Waals surface area contributed by atoms with Crippen LogP contribution in [0.1, 0.15) is 0 Å². The van der Waals surface area contributed by atoms with E-state index in [4.69, 9.17) is 0 Å². The van der Waals surface area contributed by atoms with Crippen LogP contribution >= 0.6 is 35.3 Å². The van der Waals surface area contributed by atoms with E-state index in [1.807, 2.05) is 0 Å². The SMILES string of the molecule is [Fe].[I][Hg][I]. The van der Waals surface area contributed by atoms with Gasteiger partial charge < -0.3 is 0 Å². The summed E-state index contributed by atoms with van der Waals surface area (Å²) in [5, 5.41) is 0. The Labute approximate surface area is 66.5 Å². The molecule has 0 saturated carbocycles. The Morgan fingerprint density at radius 3 is 1.25 bits per heavy atom. The normalized spacial score (nSPS) is 2.50. The molecule has 0 amide bonds. The molecule has 0 spiro atoms. The first-order chi connectivity index (χ1) is 1.41. The Kier molecular flexibility index (Phi) is 23.3. The van der Waals surface area contributed by atoms with Crippen molar-refractivity contribution < 1.29 is 33.0 Å². The number of hydrogen-bond donors (Lipinski definition) is 0. The van der Waals surface area contributed by atoms with Crippen molar-refractivity contribution in [2.24, 2.45) is 0 Å². The molecule has 0 aromatic carbocycles. The molecule has 0 aliphatic carbocycles. The summed E-state index contributed by atoms with van der Waals surface area (Å²) in [5.41, 5.74) is 0. The average molecular weight is 510 g/mol. The molecule has 24 valence electrons. The summed E-state index contributed by atoms with van der Waals surface area (Å²) in [6, 6.07) is 0. The Hall–Kier alpha value is 2.91. The molecular weight excluding hydrogens is 510 g/mol. The van der Waals surface area contributed by atoms with E-state index >= 15 is 0 Å². The van der Waals surface area contributed by atoms with Gasteiger partial charge in [0.05, 0.1) is 0 Å². The van der Waals surface area contributed by atoms with Crippen molar-refractivity contribution in [1.29, 1.82) is 0 Å². The van der Waals surface area contributed by atoms with Crippen LogP contribution in [0.5, 0.6) is 0 Å². The Morgan fingerprint density at radius 2 is 1.25 bits per heavy atom. The summed E-state index contributed by atoms with van der Waals surface area (Å²) in [4.78, 5) is 0. The fraction of sp³-hybridized carbons (Fsp3) is 0. The van der Waals surface area contributed by atoms with Crippen LogP contribution in [0, 0.1) is 0 Å². The topological polar surface area (TPSA) is 0 Å². The molecule has 0 aromatic rings. The third kappa shape index (κ3) is 8.87. The van der Waals surface area contributed by atoms with Gasteiger partial charge in [-0.15, -0.1) is 0 Å². The molecule has 0 fully saturated rings. The fourth-order valence-corrected chi connectivity index (χ4v) is 0. The first-order valence-corrected chi connectivity index (χ1v) is 31.5. The van der Waals surface area contributed by atoms with Crippen LogP contribution in [-0.2, 0) is 33.0 Å². The maximum absolute atomic E-state index is 2.50. The quantitative estimate of drug-likeness (QED) is 0.345. The first kappa shape index (κ1) is 10.0. The van der Waals surface area contributed by atoms with Crippen LogP contribution in [0.3, 0.4) is 0 Å². The van der Waals surface area contributed by atoms with Gasteiger partial charge in [0.1, 0.15) is 0 Å². The van der Waals surface area contributed by atoms with Crippen molar-refractivity contribution in [2.75, 3.05) is 0 Å². The fourth-order valence-electron chi connectivity index (χ4n) is 0. The monoisotopic (exact) mass is 512 g/mol. The van der Waals surface area contributed by atoms with E-state index < -0.39 is 0 Å². The van der Waals surface area contributed by atoms with Crippen LogP contribution in [0.15, 0.2) is 0 Å². The zero-order valence-corrected chi connectivity index (χ0v) is 12.7. The third-order valence-electron chi connectivity index (χ3n) is 0. The molecule has 4 heavy (non-hydrogen) atoms. The standard InChI is InChI=1S/Fe.Hg.2HI/h;;2*1H/q;+2;;/p-2. The summed E-state index contributed by atoms with van der Waals surface area (Å²) < 4.78 is 0. The third-order valence-corrected chi connectivity index (χ3v) is 0. The van der Waals surface area contributed by atoms with Crippen LogP contribution in [0.4, 0.5) is 0 Å². The van der Waals surface area contributed by atoms with E-state index in [1.165, 1.54) is 0 Å². The van der Waals surface area contributed by atoms with Crippen LogP contribution in [0.2, 0.25) is 0 Å². The summed E-state index contributed by atoms with van der Waals surface area (Å²) in [7, 11) is 0. The van der Waals surface area contributed by atoms with Crippen molar-refractivity contribution in [3.63, 3.8) is 0 Å². The van der Waals surface area contributed by atoms with E-state index in [0.29, 0.717) is 0 Å². The van der Waals surface area contributed by atoms with Gasteiger partial charge in [-0.3, -0.25) is 0 Å². The average Bonchev–Trinajstić information content (AvgIpc) is 0.918. The molecule has 0 saturated heterocycles. The van der Waals surface area contributed by atoms with E-state index in [-0.39, 0.29) is 33.0 Å². The van der Waals surface area contributed by atoms with Gasteiger partial charge in [-0.25, -0.2) is 0 Å². The van der Waals surface area contributed by atoms with Gasteiger partial charge in [0.2, 0.25) is 0 Å². The van der Waals surface area contributed by atoms with Gasteiger partial charge in [-0.2, -0.15) is 0 Å². The summed E-state index contributed by atoms with van der Waals surface area (Å²) in [5.74, 6) is 0. The van der Waals surface area contributed by atoms with Crippen molar-refractivity contribution in [3.05, 3.63) is 0 Å². The second kappa shape index (κ2) is 9.32. The zero-order chi connectivity index (χ0) is 2.71. The molecule has 0 heterocycles. The summed E-state index contributed by atoms with van der Waals surface area (Å²) in [6.07, 6.45) is 0. The first-order valence-electron chi connectivity index (χ1n) is 0.535. The molecule has 0 radical (unpaired) electrons. The van der Waals surface area contributed by atoms with Crippen molar-refractivity contribution >= 4 is 35.3 Å². The molecule has 0 aliphatic heterocycles. The summed E-state index contributed by atoms with van der Waals surface area (Å²) in [6.45, 7) is 0. The zero-order valence-electron chi connectivity index (χ0n) is 1.82. The number of rotatable bonds is 0. The van der Waals surface area contributed by atoms with Crippen molar-refractivity contribution in [3.8, 4) is 0 Å². The minimum atomic E-state index is -0.143. The molecule has 0 unspecified atom stereocenters. The van der Waals surface area contributed by atoms with Gasteiger partial charge in [0.25, 0.3) is 0 Å². The molecule has 4 heteroatoms. The molecule has 0 nitrogen and oxygen atoms in total. The van der Waals surface area contributed by atoms with E-state index in [9.17, 15) is 0 Å². The van der Waals surface area contributed by atoms with Gasteiger partial charge in [0.15, 0.2) is 0 Å².